The van der Waals surface area contributed by atoms with E-state index >= 15 is 0 Å². The van der Waals surface area contributed by atoms with Crippen molar-refractivity contribution in [3.05, 3.63) is 70.0 Å². The Kier molecular flexibility index (Phi) is 4.37. The summed E-state index contributed by atoms with van der Waals surface area (Å²) in [6.07, 6.45) is 1.39. The van der Waals surface area contributed by atoms with E-state index in [1.807, 2.05) is 24.3 Å². The van der Waals surface area contributed by atoms with Gasteiger partial charge in [-0.2, -0.15) is 0 Å². The molecule has 3 rings (SSSR count). The number of anilines is 1. The minimum absolute atomic E-state index is 0.266. The first-order valence-electron chi connectivity index (χ1n) is 6.83. The second-order valence-electron chi connectivity index (χ2n) is 4.93. The highest BCUT2D eigenvalue weighted by Crippen LogP contribution is 2.33. The van der Waals surface area contributed by atoms with E-state index in [0.717, 1.165) is 11.1 Å². The lowest BCUT2D eigenvalue weighted by Crippen LogP contribution is -2.11. The van der Waals surface area contributed by atoms with Crippen molar-refractivity contribution in [3.8, 4) is 11.1 Å². The molecule has 1 heterocycles. The summed E-state index contributed by atoms with van der Waals surface area (Å²) in [7, 11) is 0. The fourth-order valence-electron chi connectivity index (χ4n) is 2.17. The number of carbonyl (C=O) groups excluding carboxylic acids is 1. The first-order chi connectivity index (χ1) is 11.1. The number of hydrogen-bond acceptors (Lipinski definition) is 3. The predicted molar refractivity (Wildman–Crippen MR) is 91.1 cm³/mol. The van der Waals surface area contributed by atoms with E-state index in [2.05, 4.69) is 10.5 Å². The zero-order valence-electron chi connectivity index (χ0n) is 12.1. The topological polar surface area (TPSA) is 55.1 Å². The third kappa shape index (κ3) is 3.23. The van der Waals surface area contributed by atoms with Crippen molar-refractivity contribution in [2.75, 3.05) is 5.32 Å². The Morgan fingerprint density at radius 2 is 1.87 bits per heavy atom. The molecular weight excluding hydrogens is 335 g/mol. The zero-order valence-corrected chi connectivity index (χ0v) is 13.7. The third-order valence-corrected chi connectivity index (χ3v) is 4.22. The van der Waals surface area contributed by atoms with E-state index in [4.69, 9.17) is 27.7 Å². The van der Waals surface area contributed by atoms with Crippen LogP contribution in [0.5, 0.6) is 0 Å². The average Bonchev–Trinajstić information content (AvgIpc) is 2.97. The molecule has 0 saturated heterocycles. The Labute approximate surface area is 143 Å². The van der Waals surface area contributed by atoms with Gasteiger partial charge in [-0.15, -0.1) is 0 Å². The van der Waals surface area contributed by atoms with Gasteiger partial charge in [-0.1, -0.05) is 52.6 Å². The Morgan fingerprint density at radius 1 is 1.13 bits per heavy atom. The molecule has 0 atom stereocenters. The van der Waals surface area contributed by atoms with Gasteiger partial charge in [-0.05, 0) is 30.7 Å². The van der Waals surface area contributed by atoms with E-state index in [1.165, 1.54) is 6.20 Å². The van der Waals surface area contributed by atoms with Crippen LogP contribution < -0.4 is 5.32 Å². The number of nitrogens with one attached hydrogen (secondary N) is 1. The molecule has 0 unspecified atom stereocenters. The normalized spacial score (nSPS) is 10.6. The molecule has 6 heteroatoms. The van der Waals surface area contributed by atoms with Crippen LogP contribution >= 0.6 is 23.2 Å². The van der Waals surface area contributed by atoms with Gasteiger partial charge in [0, 0.05) is 11.3 Å². The maximum absolute atomic E-state index is 12.1. The van der Waals surface area contributed by atoms with E-state index in [1.54, 1.807) is 25.1 Å². The number of nitrogens with zero attached hydrogens (tertiary/aromatic N) is 1. The Bertz CT molecular complexity index is 857. The Morgan fingerprint density at radius 3 is 2.52 bits per heavy atom. The number of aryl methyl sites for hydroxylation is 1. The molecule has 0 fully saturated rings. The van der Waals surface area contributed by atoms with Gasteiger partial charge in [-0.25, -0.2) is 0 Å². The lowest BCUT2D eigenvalue weighted by Gasteiger charge is -2.08. The molecule has 4 nitrogen and oxygen atoms in total. The molecule has 0 aliphatic carbocycles. The van der Waals surface area contributed by atoms with Crippen molar-refractivity contribution in [2.24, 2.45) is 0 Å². The van der Waals surface area contributed by atoms with E-state index in [0.29, 0.717) is 27.1 Å². The SMILES string of the molecule is Cc1oncc1C(=O)Nc1ccc(-c2cccc(Cl)c2Cl)cc1. The van der Waals surface area contributed by atoms with Crippen LogP contribution in [0.25, 0.3) is 11.1 Å². The Hall–Kier alpha value is -2.30. The van der Waals surface area contributed by atoms with E-state index < -0.39 is 0 Å². The van der Waals surface area contributed by atoms with Gasteiger partial charge in [0.05, 0.1) is 16.2 Å². The quantitative estimate of drug-likeness (QED) is 0.708. The van der Waals surface area contributed by atoms with Gasteiger partial charge in [0.15, 0.2) is 0 Å². The van der Waals surface area contributed by atoms with Crippen molar-refractivity contribution in [2.45, 2.75) is 6.92 Å². The van der Waals surface area contributed by atoms with E-state index in [-0.39, 0.29) is 5.91 Å². The summed E-state index contributed by atoms with van der Waals surface area (Å²) in [5.41, 5.74) is 2.83. The molecule has 0 aliphatic rings. The largest absolute Gasteiger partial charge is 0.361 e. The molecule has 2 aromatic carbocycles. The van der Waals surface area contributed by atoms with Crippen LogP contribution in [0.1, 0.15) is 16.1 Å². The fourth-order valence-corrected chi connectivity index (χ4v) is 2.58. The number of rotatable bonds is 3. The van der Waals surface area contributed by atoms with Crippen LogP contribution in [0, 0.1) is 6.92 Å². The Balaban J connectivity index is 1.81. The molecule has 1 amide bonds. The van der Waals surface area contributed by atoms with Gasteiger partial charge in [0.2, 0.25) is 0 Å². The molecule has 23 heavy (non-hydrogen) atoms. The lowest BCUT2D eigenvalue weighted by atomic mass is 10.1. The lowest BCUT2D eigenvalue weighted by molar-refractivity contribution is 0.102. The highest BCUT2D eigenvalue weighted by Gasteiger charge is 2.13. The number of halogens is 2. The summed E-state index contributed by atoms with van der Waals surface area (Å²) >= 11 is 12.2. The maximum atomic E-state index is 12.1. The van der Waals surface area contributed by atoms with Gasteiger partial charge in [0.25, 0.3) is 5.91 Å². The average molecular weight is 347 g/mol. The molecule has 1 aromatic heterocycles. The second kappa shape index (κ2) is 6.44. The molecule has 116 valence electrons. The standard InChI is InChI=1S/C17H12Cl2N2O2/c1-10-14(9-20-23-10)17(22)21-12-7-5-11(6-8-12)13-3-2-4-15(18)16(13)19/h2-9H,1H3,(H,21,22). The molecule has 0 bridgehead atoms. The first kappa shape index (κ1) is 15.6. The zero-order chi connectivity index (χ0) is 16.4. The molecule has 0 radical (unpaired) electrons. The minimum Gasteiger partial charge on any atom is -0.361 e. The monoisotopic (exact) mass is 346 g/mol. The van der Waals surface area contributed by atoms with Crippen molar-refractivity contribution in [3.63, 3.8) is 0 Å². The number of amides is 1. The van der Waals surface area contributed by atoms with Crippen LogP contribution in [0.3, 0.4) is 0 Å². The smallest absolute Gasteiger partial charge is 0.260 e. The number of carbonyl (C=O) groups is 1. The summed E-state index contributed by atoms with van der Waals surface area (Å²) < 4.78 is 4.89. The number of aromatic nitrogens is 1. The minimum atomic E-state index is -0.266. The molecule has 0 spiro atoms. The predicted octanol–water partition coefficient (Wildman–Crippen LogP) is 5.21. The highest BCUT2D eigenvalue weighted by atomic mass is 35.5. The maximum Gasteiger partial charge on any atom is 0.260 e. The van der Waals surface area contributed by atoms with Crippen molar-refractivity contribution < 1.29 is 9.32 Å². The third-order valence-electron chi connectivity index (χ3n) is 3.40. The van der Waals surface area contributed by atoms with Gasteiger partial charge in [0.1, 0.15) is 11.3 Å². The fraction of sp³-hybridized carbons (Fsp3) is 0.0588. The summed E-state index contributed by atoms with van der Waals surface area (Å²) in [5, 5.41) is 7.39. The summed E-state index contributed by atoms with van der Waals surface area (Å²) in [6, 6.07) is 12.8. The summed E-state index contributed by atoms with van der Waals surface area (Å²) in [6.45, 7) is 1.69. The van der Waals surface area contributed by atoms with Gasteiger partial charge in [-0.3, -0.25) is 4.79 Å². The summed E-state index contributed by atoms with van der Waals surface area (Å²) in [4.78, 5) is 12.1. The van der Waals surface area contributed by atoms with Crippen LogP contribution in [-0.4, -0.2) is 11.1 Å². The highest BCUT2D eigenvalue weighted by molar-refractivity contribution is 6.43. The molecule has 1 N–H and O–H groups in total. The van der Waals surface area contributed by atoms with E-state index in [9.17, 15) is 4.79 Å². The number of benzene rings is 2. The van der Waals surface area contributed by atoms with Crippen molar-refractivity contribution >= 4 is 34.8 Å². The molecule has 0 aliphatic heterocycles. The molecule has 0 saturated carbocycles. The van der Waals surface area contributed by atoms with Gasteiger partial charge < -0.3 is 9.84 Å². The molecule has 3 aromatic rings. The van der Waals surface area contributed by atoms with Crippen molar-refractivity contribution in [1.29, 1.82) is 0 Å². The van der Waals surface area contributed by atoms with Crippen LogP contribution in [0.15, 0.2) is 53.2 Å². The second-order valence-corrected chi connectivity index (χ2v) is 5.71. The summed E-state index contributed by atoms with van der Waals surface area (Å²) in [5.74, 6) is 0.210. The van der Waals surface area contributed by atoms with Crippen molar-refractivity contribution in [1.82, 2.24) is 5.16 Å². The van der Waals surface area contributed by atoms with Crippen LogP contribution in [0.4, 0.5) is 5.69 Å². The first-order valence-corrected chi connectivity index (χ1v) is 7.59. The van der Waals surface area contributed by atoms with Crippen LogP contribution in [0.2, 0.25) is 10.0 Å². The van der Waals surface area contributed by atoms with Crippen LogP contribution in [-0.2, 0) is 0 Å². The van der Waals surface area contributed by atoms with Gasteiger partial charge >= 0.3 is 0 Å². The molecular formula is C17H12Cl2N2O2. The number of hydrogen-bond donors (Lipinski definition) is 1.